The Labute approximate surface area is 205 Å². The molecule has 7 nitrogen and oxygen atoms in total. The molecule has 0 unspecified atom stereocenters. The Kier molecular flexibility index (Phi) is 3.85. The number of hydrogen-bond donors (Lipinski definition) is 0. The molecule has 0 atom stereocenters. The highest BCUT2D eigenvalue weighted by Gasteiger charge is 2.26. The van der Waals surface area contributed by atoms with Gasteiger partial charge in [-0.3, -0.25) is 4.40 Å². The van der Waals surface area contributed by atoms with Crippen molar-refractivity contribution in [2.24, 2.45) is 0 Å². The van der Waals surface area contributed by atoms with Gasteiger partial charge in [0.1, 0.15) is 16.2 Å². The Morgan fingerprint density at radius 1 is 0.829 bits per heavy atom. The van der Waals surface area contributed by atoms with E-state index in [0.29, 0.717) is 5.89 Å². The van der Waals surface area contributed by atoms with Gasteiger partial charge in [0.15, 0.2) is 10.5 Å². The Balaban J connectivity index is 1.47. The molecule has 0 amide bonds. The molecule has 0 aliphatic heterocycles. The lowest BCUT2D eigenvalue weighted by Crippen LogP contribution is -1.89. The molecule has 0 spiro atoms. The maximum atomic E-state index is 6.29. The smallest absolute Gasteiger partial charge is 0.231 e. The number of thiazole rings is 2. The molecule has 6 heterocycles. The largest absolute Gasteiger partial charge is 0.436 e. The van der Waals surface area contributed by atoms with Crippen molar-refractivity contribution in [2.75, 3.05) is 0 Å². The summed E-state index contributed by atoms with van der Waals surface area (Å²) in [5.41, 5.74) is 6.10. The summed E-state index contributed by atoms with van der Waals surface area (Å²) in [6, 6.07) is 20.1. The molecule has 9 heteroatoms. The monoisotopic (exact) mass is 490 g/mol. The van der Waals surface area contributed by atoms with Gasteiger partial charge in [-0.2, -0.15) is 5.10 Å². The molecule has 0 saturated carbocycles. The molecular weight excluding hydrogens is 476 g/mol. The predicted octanol–water partition coefficient (Wildman–Crippen LogP) is 6.80. The highest BCUT2D eigenvalue weighted by molar-refractivity contribution is 7.21. The first-order valence-corrected chi connectivity index (χ1v) is 12.6. The van der Waals surface area contributed by atoms with Gasteiger partial charge in [0.2, 0.25) is 5.89 Å². The molecule has 0 N–H and O–H groups in total. The summed E-state index contributed by atoms with van der Waals surface area (Å²) in [6.07, 6.45) is 7.75. The molecule has 0 aliphatic rings. The average molecular weight is 491 g/mol. The number of benzene rings is 2. The van der Waals surface area contributed by atoms with Crippen LogP contribution in [0.5, 0.6) is 0 Å². The van der Waals surface area contributed by atoms with Gasteiger partial charge in [-0.15, -0.1) is 11.3 Å². The zero-order valence-corrected chi connectivity index (χ0v) is 19.6. The SMILES string of the molecule is c1ccc2oc(-c3c(-c4cn5ccnc5s4)nn4cccc(-c5nc6ccccc6s5)c34)nc2c1. The second-order valence-corrected chi connectivity index (χ2v) is 10.2. The Morgan fingerprint density at radius 3 is 2.60 bits per heavy atom. The molecule has 0 saturated heterocycles. The third-order valence-electron chi connectivity index (χ3n) is 6.01. The quantitative estimate of drug-likeness (QED) is 0.272. The molecule has 35 heavy (non-hydrogen) atoms. The third-order valence-corrected chi connectivity index (χ3v) is 8.10. The third kappa shape index (κ3) is 2.82. The van der Waals surface area contributed by atoms with Crippen molar-refractivity contribution < 1.29 is 4.42 Å². The van der Waals surface area contributed by atoms with Crippen LogP contribution in [0.3, 0.4) is 0 Å². The maximum Gasteiger partial charge on any atom is 0.231 e. The van der Waals surface area contributed by atoms with Gasteiger partial charge in [-0.25, -0.2) is 19.5 Å². The number of oxazole rings is 1. The number of fused-ring (bicyclic) bond motifs is 4. The fourth-order valence-electron chi connectivity index (χ4n) is 4.45. The second-order valence-electron chi connectivity index (χ2n) is 8.12. The van der Waals surface area contributed by atoms with Crippen LogP contribution in [0, 0.1) is 0 Å². The van der Waals surface area contributed by atoms with E-state index in [1.165, 1.54) is 0 Å². The van der Waals surface area contributed by atoms with E-state index in [1.807, 2.05) is 69.8 Å². The summed E-state index contributed by atoms with van der Waals surface area (Å²) in [5.74, 6) is 0.538. The zero-order valence-electron chi connectivity index (χ0n) is 18.0. The fourth-order valence-corrected chi connectivity index (χ4v) is 6.38. The summed E-state index contributed by atoms with van der Waals surface area (Å²) in [5, 5.41) is 5.94. The molecular formula is C26H14N6OS2. The summed E-state index contributed by atoms with van der Waals surface area (Å²) < 4.78 is 11.3. The van der Waals surface area contributed by atoms with Crippen LogP contribution in [-0.4, -0.2) is 29.0 Å². The Bertz CT molecular complexity index is 1940. The zero-order chi connectivity index (χ0) is 22.9. The molecule has 6 aromatic heterocycles. The van der Waals surface area contributed by atoms with Crippen molar-refractivity contribution >= 4 is 54.5 Å². The standard InChI is InChI=1S/C26H14N6OS2/c1-3-9-18-16(7-1)28-24(33-18)21-22(20-14-31-13-11-27-26(31)35-20)30-32-12-5-6-15(23(21)32)25-29-17-8-2-4-10-19(17)34-25/h1-14H. The lowest BCUT2D eigenvalue weighted by atomic mass is 10.1. The van der Waals surface area contributed by atoms with Crippen molar-refractivity contribution in [3.63, 3.8) is 0 Å². The van der Waals surface area contributed by atoms with Crippen molar-refractivity contribution in [1.29, 1.82) is 0 Å². The summed E-state index contributed by atoms with van der Waals surface area (Å²) in [6.45, 7) is 0. The lowest BCUT2D eigenvalue weighted by molar-refractivity contribution is 0.621. The van der Waals surface area contributed by atoms with Crippen LogP contribution in [0.2, 0.25) is 0 Å². The van der Waals surface area contributed by atoms with E-state index < -0.39 is 0 Å². The van der Waals surface area contributed by atoms with Crippen molar-refractivity contribution in [3.05, 3.63) is 85.5 Å². The van der Waals surface area contributed by atoms with Gasteiger partial charge >= 0.3 is 0 Å². The van der Waals surface area contributed by atoms with Gasteiger partial charge in [0.05, 0.1) is 26.2 Å². The highest BCUT2D eigenvalue weighted by atomic mass is 32.1. The van der Waals surface area contributed by atoms with Gasteiger partial charge < -0.3 is 4.42 Å². The van der Waals surface area contributed by atoms with Crippen molar-refractivity contribution in [3.8, 4) is 32.6 Å². The number of rotatable bonds is 3. The Morgan fingerprint density at radius 2 is 1.71 bits per heavy atom. The molecule has 8 aromatic rings. The minimum absolute atomic E-state index is 0.538. The predicted molar refractivity (Wildman–Crippen MR) is 139 cm³/mol. The fraction of sp³-hybridized carbons (Fsp3) is 0. The van der Waals surface area contributed by atoms with Crippen LogP contribution >= 0.6 is 22.7 Å². The van der Waals surface area contributed by atoms with E-state index in [0.717, 1.165) is 58.5 Å². The number of imidazole rings is 1. The molecule has 0 bridgehead atoms. The van der Waals surface area contributed by atoms with Crippen LogP contribution in [0.15, 0.2) is 89.9 Å². The molecule has 0 radical (unpaired) electrons. The van der Waals surface area contributed by atoms with Crippen LogP contribution in [-0.2, 0) is 0 Å². The molecule has 166 valence electrons. The highest BCUT2D eigenvalue weighted by Crippen LogP contribution is 2.43. The topological polar surface area (TPSA) is 73.5 Å². The summed E-state index contributed by atoms with van der Waals surface area (Å²) in [7, 11) is 0. The van der Waals surface area contributed by atoms with E-state index in [2.05, 4.69) is 23.3 Å². The van der Waals surface area contributed by atoms with Gasteiger partial charge in [0, 0.05) is 30.4 Å². The summed E-state index contributed by atoms with van der Waals surface area (Å²) in [4.78, 5) is 16.1. The van der Waals surface area contributed by atoms with Crippen LogP contribution in [0.4, 0.5) is 0 Å². The first-order valence-electron chi connectivity index (χ1n) is 11.0. The number of nitrogens with zero attached hydrogens (tertiary/aromatic N) is 6. The second kappa shape index (κ2) is 7.08. The van der Waals surface area contributed by atoms with E-state index in [4.69, 9.17) is 19.5 Å². The van der Waals surface area contributed by atoms with Crippen molar-refractivity contribution in [2.45, 2.75) is 0 Å². The van der Waals surface area contributed by atoms with Gasteiger partial charge in [-0.1, -0.05) is 35.6 Å². The molecule has 8 rings (SSSR count). The van der Waals surface area contributed by atoms with Crippen LogP contribution in [0.1, 0.15) is 0 Å². The van der Waals surface area contributed by atoms with Gasteiger partial charge in [-0.05, 0) is 36.4 Å². The number of pyridine rings is 1. The lowest BCUT2D eigenvalue weighted by Gasteiger charge is -2.02. The first-order chi connectivity index (χ1) is 17.3. The molecule has 0 aliphatic carbocycles. The Hall–Kier alpha value is -4.34. The van der Waals surface area contributed by atoms with Crippen molar-refractivity contribution in [1.82, 2.24) is 29.0 Å². The minimum Gasteiger partial charge on any atom is -0.436 e. The van der Waals surface area contributed by atoms with Crippen LogP contribution < -0.4 is 0 Å². The van der Waals surface area contributed by atoms with E-state index in [9.17, 15) is 0 Å². The molecule has 2 aromatic carbocycles. The number of aromatic nitrogens is 6. The molecule has 0 fully saturated rings. The normalized spacial score (nSPS) is 12.0. The van der Waals surface area contributed by atoms with E-state index in [-0.39, 0.29) is 0 Å². The maximum absolute atomic E-state index is 6.29. The van der Waals surface area contributed by atoms with E-state index in [1.54, 1.807) is 28.9 Å². The van der Waals surface area contributed by atoms with Gasteiger partial charge in [0.25, 0.3) is 0 Å². The summed E-state index contributed by atoms with van der Waals surface area (Å²) >= 11 is 3.26. The number of para-hydroxylation sites is 3. The van der Waals surface area contributed by atoms with E-state index >= 15 is 0 Å². The number of hydrogen-bond acceptors (Lipinski definition) is 7. The minimum atomic E-state index is 0.538. The average Bonchev–Trinajstić information content (AvgIpc) is 3.68. The first kappa shape index (κ1) is 19.0. The van der Waals surface area contributed by atoms with Crippen LogP contribution in [0.25, 0.3) is 64.4 Å².